The molecule has 0 aliphatic rings. The summed E-state index contributed by atoms with van der Waals surface area (Å²) in [6.45, 7) is 3.81. The van der Waals surface area contributed by atoms with Gasteiger partial charge >= 0.3 is 0 Å². The fraction of sp³-hybridized carbons (Fsp3) is 0.316. The van der Waals surface area contributed by atoms with Crippen LogP contribution < -0.4 is 10.1 Å². The topological polar surface area (TPSA) is 72.5 Å². The molecule has 0 fully saturated rings. The Bertz CT molecular complexity index is 832. The van der Waals surface area contributed by atoms with Crippen LogP contribution >= 0.6 is 0 Å². The van der Waals surface area contributed by atoms with Crippen molar-refractivity contribution in [2.45, 2.75) is 31.2 Å². The molecule has 0 aliphatic carbocycles. The number of benzene rings is 2. The highest BCUT2D eigenvalue weighted by atomic mass is 32.2. The van der Waals surface area contributed by atoms with Gasteiger partial charge in [0.15, 0.2) is 9.84 Å². The lowest BCUT2D eigenvalue weighted by molar-refractivity contribution is -0.121. The molecule has 0 saturated heterocycles. The fourth-order valence-electron chi connectivity index (χ4n) is 2.56. The maximum atomic E-state index is 12.2. The molecule has 2 aromatic carbocycles. The number of hydrogen-bond donors (Lipinski definition) is 1. The minimum atomic E-state index is -3.46. The molecule has 0 heterocycles. The Morgan fingerprint density at radius 3 is 2.48 bits per heavy atom. The zero-order valence-corrected chi connectivity index (χ0v) is 15.5. The molecule has 0 saturated carbocycles. The van der Waals surface area contributed by atoms with E-state index < -0.39 is 9.84 Å². The Labute approximate surface area is 148 Å². The zero-order chi connectivity index (χ0) is 18.4. The minimum absolute atomic E-state index is 0.0876. The molecular weight excluding hydrogens is 338 g/mol. The first-order chi connectivity index (χ1) is 11.8. The van der Waals surface area contributed by atoms with Gasteiger partial charge in [0.2, 0.25) is 5.91 Å². The predicted molar refractivity (Wildman–Crippen MR) is 97.4 cm³/mol. The van der Waals surface area contributed by atoms with Crippen LogP contribution in [0.5, 0.6) is 5.75 Å². The second kappa shape index (κ2) is 8.16. The smallest absolute Gasteiger partial charge is 0.221 e. The van der Waals surface area contributed by atoms with E-state index in [4.69, 9.17) is 4.74 Å². The van der Waals surface area contributed by atoms with Gasteiger partial charge in [-0.1, -0.05) is 35.9 Å². The first-order valence-corrected chi connectivity index (χ1v) is 9.70. The third-order valence-electron chi connectivity index (χ3n) is 3.93. The highest BCUT2D eigenvalue weighted by Gasteiger charge is 2.18. The number of hydrogen-bond acceptors (Lipinski definition) is 4. The Kier molecular flexibility index (Phi) is 6.20. The highest BCUT2D eigenvalue weighted by Crippen LogP contribution is 2.26. The fourth-order valence-corrected chi connectivity index (χ4v) is 3.82. The molecular formula is C19H23NO4S. The number of amides is 1. The van der Waals surface area contributed by atoms with Gasteiger partial charge in [0.25, 0.3) is 0 Å². The van der Waals surface area contributed by atoms with Crippen LogP contribution in [0.2, 0.25) is 0 Å². The summed E-state index contributed by atoms with van der Waals surface area (Å²) in [7, 11) is -1.88. The maximum absolute atomic E-state index is 12.2. The van der Waals surface area contributed by atoms with E-state index >= 15 is 0 Å². The highest BCUT2D eigenvalue weighted by molar-refractivity contribution is 7.91. The molecule has 5 nitrogen and oxygen atoms in total. The maximum Gasteiger partial charge on any atom is 0.221 e. The lowest BCUT2D eigenvalue weighted by Gasteiger charge is -2.18. The number of aryl methyl sites for hydroxylation is 1. The number of carbonyl (C=O) groups is 1. The van der Waals surface area contributed by atoms with E-state index in [0.717, 1.165) is 11.1 Å². The molecule has 1 N–H and O–H groups in total. The summed E-state index contributed by atoms with van der Waals surface area (Å²) in [5.41, 5.74) is 1.92. The lowest BCUT2D eigenvalue weighted by Crippen LogP contribution is -2.28. The van der Waals surface area contributed by atoms with E-state index in [1.807, 2.05) is 32.0 Å². The number of nitrogens with one attached hydrogen (secondary N) is 1. The number of methoxy groups -OCH3 is 1. The standard InChI is InChI=1S/C19H23NO4S/c1-14-9-10-18(24-3)17(13-14)15(2)20-19(21)11-12-25(22,23)16-7-5-4-6-8-16/h4-10,13,15H,11-12H2,1-3H3,(H,20,21). The van der Waals surface area contributed by atoms with Gasteiger partial charge in [-0.3, -0.25) is 4.79 Å². The Morgan fingerprint density at radius 1 is 1.16 bits per heavy atom. The normalized spacial score (nSPS) is 12.4. The van der Waals surface area contributed by atoms with Crippen molar-refractivity contribution < 1.29 is 17.9 Å². The van der Waals surface area contributed by atoms with E-state index in [-0.39, 0.29) is 29.0 Å². The summed E-state index contributed by atoms with van der Waals surface area (Å²) in [6.07, 6.45) is -0.0876. The van der Waals surface area contributed by atoms with E-state index in [1.165, 1.54) is 12.1 Å². The van der Waals surface area contributed by atoms with Crippen molar-refractivity contribution in [1.82, 2.24) is 5.32 Å². The third kappa shape index (κ3) is 5.06. The molecule has 0 spiro atoms. The molecule has 0 radical (unpaired) electrons. The summed E-state index contributed by atoms with van der Waals surface area (Å²) >= 11 is 0. The van der Waals surface area contributed by atoms with Crippen LogP contribution in [0.15, 0.2) is 53.4 Å². The Morgan fingerprint density at radius 2 is 1.84 bits per heavy atom. The molecule has 134 valence electrons. The number of ether oxygens (including phenoxy) is 1. The van der Waals surface area contributed by atoms with Gasteiger partial charge in [-0.25, -0.2) is 8.42 Å². The SMILES string of the molecule is COc1ccc(C)cc1C(C)NC(=O)CCS(=O)(=O)c1ccccc1. The van der Waals surface area contributed by atoms with Crippen LogP contribution in [0.3, 0.4) is 0 Å². The van der Waals surface area contributed by atoms with Crippen LogP contribution in [-0.4, -0.2) is 27.2 Å². The molecule has 25 heavy (non-hydrogen) atoms. The van der Waals surface area contributed by atoms with E-state index in [0.29, 0.717) is 5.75 Å². The lowest BCUT2D eigenvalue weighted by atomic mass is 10.0. The van der Waals surface area contributed by atoms with Crippen molar-refractivity contribution in [2.24, 2.45) is 0 Å². The van der Waals surface area contributed by atoms with E-state index in [9.17, 15) is 13.2 Å². The molecule has 0 aliphatic heterocycles. The van der Waals surface area contributed by atoms with Crippen LogP contribution in [0.4, 0.5) is 0 Å². The predicted octanol–water partition coefficient (Wildman–Crippen LogP) is 3.04. The number of sulfone groups is 1. The van der Waals surface area contributed by atoms with Crippen molar-refractivity contribution in [3.05, 3.63) is 59.7 Å². The molecule has 2 aromatic rings. The summed E-state index contributed by atoms with van der Waals surface area (Å²) in [6, 6.07) is 13.6. The minimum Gasteiger partial charge on any atom is -0.496 e. The average Bonchev–Trinajstić information content (AvgIpc) is 2.60. The average molecular weight is 361 g/mol. The first-order valence-electron chi connectivity index (χ1n) is 8.05. The Hall–Kier alpha value is -2.34. The molecule has 6 heteroatoms. The molecule has 2 rings (SSSR count). The van der Waals surface area contributed by atoms with Gasteiger partial charge in [0, 0.05) is 12.0 Å². The van der Waals surface area contributed by atoms with Gasteiger partial charge in [0.05, 0.1) is 23.8 Å². The first kappa shape index (κ1) is 19.0. The molecule has 1 atom stereocenters. The van der Waals surface area contributed by atoms with Crippen molar-refractivity contribution >= 4 is 15.7 Å². The van der Waals surface area contributed by atoms with Gasteiger partial charge in [-0.15, -0.1) is 0 Å². The van der Waals surface area contributed by atoms with Gasteiger partial charge in [0.1, 0.15) is 5.75 Å². The van der Waals surface area contributed by atoms with Crippen molar-refractivity contribution in [3.63, 3.8) is 0 Å². The van der Waals surface area contributed by atoms with Crippen LogP contribution in [0.1, 0.15) is 30.5 Å². The van der Waals surface area contributed by atoms with Crippen molar-refractivity contribution in [1.29, 1.82) is 0 Å². The van der Waals surface area contributed by atoms with Crippen LogP contribution in [-0.2, 0) is 14.6 Å². The molecule has 0 aromatic heterocycles. The second-order valence-corrected chi connectivity index (χ2v) is 8.03. The zero-order valence-electron chi connectivity index (χ0n) is 14.7. The number of carbonyl (C=O) groups excluding carboxylic acids is 1. The summed E-state index contributed by atoms with van der Waals surface area (Å²) in [5, 5.41) is 2.84. The second-order valence-electron chi connectivity index (χ2n) is 5.92. The van der Waals surface area contributed by atoms with Crippen LogP contribution in [0, 0.1) is 6.92 Å². The molecule has 1 amide bonds. The third-order valence-corrected chi connectivity index (χ3v) is 5.66. The quantitative estimate of drug-likeness (QED) is 0.823. The molecule has 1 unspecified atom stereocenters. The van der Waals surface area contributed by atoms with Gasteiger partial charge in [-0.2, -0.15) is 0 Å². The monoisotopic (exact) mass is 361 g/mol. The van der Waals surface area contributed by atoms with Gasteiger partial charge < -0.3 is 10.1 Å². The van der Waals surface area contributed by atoms with Gasteiger partial charge in [-0.05, 0) is 32.0 Å². The van der Waals surface area contributed by atoms with E-state index in [1.54, 1.807) is 25.3 Å². The van der Waals surface area contributed by atoms with Crippen molar-refractivity contribution in [2.75, 3.05) is 12.9 Å². The summed E-state index contributed by atoms with van der Waals surface area (Å²) < 4.78 is 29.8. The number of rotatable bonds is 7. The van der Waals surface area contributed by atoms with Crippen LogP contribution in [0.25, 0.3) is 0 Å². The summed E-state index contributed by atoms with van der Waals surface area (Å²) in [5.74, 6) is 0.159. The van der Waals surface area contributed by atoms with Crippen molar-refractivity contribution in [3.8, 4) is 5.75 Å². The summed E-state index contributed by atoms with van der Waals surface area (Å²) in [4.78, 5) is 12.4. The largest absolute Gasteiger partial charge is 0.496 e. The molecule has 0 bridgehead atoms. The van der Waals surface area contributed by atoms with E-state index in [2.05, 4.69) is 5.32 Å². The Balaban J connectivity index is 2.00.